The quantitative estimate of drug-likeness (QED) is 0.214. The van der Waals surface area contributed by atoms with Crippen LogP contribution in [0.5, 0.6) is 0 Å². The van der Waals surface area contributed by atoms with Crippen LogP contribution in [-0.2, 0) is 9.53 Å². The number of hydrogen-bond donors (Lipinski definition) is 0. The molecule has 0 aromatic heterocycles. The zero-order valence-electron chi connectivity index (χ0n) is 14.5. The van der Waals surface area contributed by atoms with Crippen LogP contribution in [0.3, 0.4) is 0 Å². The van der Waals surface area contributed by atoms with Crippen molar-refractivity contribution in [2.75, 3.05) is 20.2 Å². The van der Waals surface area contributed by atoms with E-state index in [4.69, 9.17) is 4.74 Å². The monoisotopic (exact) mass is 381 g/mol. The van der Waals surface area contributed by atoms with Gasteiger partial charge in [0.1, 0.15) is 12.1 Å². The molecule has 0 unspecified atom stereocenters. The van der Waals surface area contributed by atoms with Crippen molar-refractivity contribution in [3.63, 3.8) is 0 Å². The Bertz CT molecular complexity index is 637. The number of benzene rings is 1. The minimum absolute atomic E-state index is 0.118. The van der Waals surface area contributed by atoms with Crippen LogP contribution in [-0.4, -0.2) is 37.0 Å². The highest BCUT2D eigenvalue weighted by Crippen LogP contribution is 2.24. The molecule has 0 saturated carbocycles. The molecule has 1 aromatic rings. The molecule has 0 heterocycles. The summed E-state index contributed by atoms with van der Waals surface area (Å²) in [6.45, 7) is 1.48. The predicted molar refractivity (Wildman–Crippen MR) is 82.9 cm³/mol. The number of rotatable bonds is 9. The SMILES string of the molecule is CCCCCCCOC(=O)CN(C)C(=O)c1c(F)c(F)c(F)c(F)c1F. The molecule has 0 saturated heterocycles. The fourth-order valence-corrected chi connectivity index (χ4v) is 2.19. The molecule has 0 N–H and O–H groups in total. The maximum atomic E-state index is 13.6. The molecule has 9 heteroatoms. The fraction of sp³-hybridized carbons (Fsp3) is 0.529. The second-order valence-corrected chi connectivity index (χ2v) is 5.74. The van der Waals surface area contributed by atoms with Crippen molar-refractivity contribution in [1.29, 1.82) is 0 Å². The zero-order valence-corrected chi connectivity index (χ0v) is 14.5. The second-order valence-electron chi connectivity index (χ2n) is 5.74. The highest BCUT2D eigenvalue weighted by atomic mass is 19.2. The maximum Gasteiger partial charge on any atom is 0.325 e. The average Bonchev–Trinajstić information content (AvgIpc) is 2.61. The first-order valence-electron chi connectivity index (χ1n) is 8.14. The number of likely N-dealkylation sites (N-methyl/N-ethyl adjacent to an activating group) is 1. The average molecular weight is 381 g/mol. The Morgan fingerprint density at radius 1 is 0.846 bits per heavy atom. The molecule has 1 amide bonds. The topological polar surface area (TPSA) is 46.6 Å². The van der Waals surface area contributed by atoms with E-state index >= 15 is 0 Å². The van der Waals surface area contributed by atoms with Gasteiger partial charge in [-0.15, -0.1) is 0 Å². The largest absolute Gasteiger partial charge is 0.464 e. The molecule has 1 rings (SSSR count). The van der Waals surface area contributed by atoms with E-state index in [9.17, 15) is 31.5 Å². The van der Waals surface area contributed by atoms with E-state index in [1.54, 1.807) is 0 Å². The van der Waals surface area contributed by atoms with Crippen molar-refractivity contribution in [1.82, 2.24) is 4.90 Å². The molecule has 0 atom stereocenters. The zero-order chi connectivity index (χ0) is 19.9. The lowest BCUT2D eigenvalue weighted by Gasteiger charge is -2.17. The molecule has 0 spiro atoms. The summed E-state index contributed by atoms with van der Waals surface area (Å²) in [7, 11) is 0.989. The second kappa shape index (κ2) is 10.1. The van der Waals surface area contributed by atoms with E-state index in [-0.39, 0.29) is 6.61 Å². The molecule has 4 nitrogen and oxygen atoms in total. The van der Waals surface area contributed by atoms with Gasteiger partial charge < -0.3 is 9.64 Å². The molecule has 26 heavy (non-hydrogen) atoms. The predicted octanol–water partition coefficient (Wildman–Crippen LogP) is 3.97. The van der Waals surface area contributed by atoms with Crippen molar-refractivity contribution < 1.29 is 36.3 Å². The number of carbonyl (C=O) groups is 2. The highest BCUT2D eigenvalue weighted by Gasteiger charge is 2.31. The third kappa shape index (κ3) is 5.40. The van der Waals surface area contributed by atoms with Crippen LogP contribution in [0.4, 0.5) is 22.0 Å². The summed E-state index contributed by atoms with van der Waals surface area (Å²) in [4.78, 5) is 24.1. The van der Waals surface area contributed by atoms with Gasteiger partial charge in [0.25, 0.3) is 5.91 Å². The minimum Gasteiger partial charge on any atom is -0.464 e. The highest BCUT2D eigenvalue weighted by molar-refractivity contribution is 5.96. The summed E-state index contributed by atoms with van der Waals surface area (Å²) in [6, 6.07) is 0. The molecular weight excluding hydrogens is 361 g/mol. The number of carbonyl (C=O) groups excluding carboxylic acids is 2. The number of unbranched alkanes of at least 4 members (excludes halogenated alkanes) is 4. The van der Waals surface area contributed by atoms with Crippen molar-refractivity contribution in [3.8, 4) is 0 Å². The third-order valence-electron chi connectivity index (χ3n) is 3.65. The fourth-order valence-electron chi connectivity index (χ4n) is 2.19. The van der Waals surface area contributed by atoms with Crippen LogP contribution in [0.25, 0.3) is 0 Å². The van der Waals surface area contributed by atoms with Crippen molar-refractivity contribution >= 4 is 11.9 Å². The molecule has 0 aliphatic carbocycles. The van der Waals surface area contributed by atoms with Crippen LogP contribution < -0.4 is 0 Å². The smallest absolute Gasteiger partial charge is 0.325 e. The molecule has 0 bridgehead atoms. The van der Waals surface area contributed by atoms with Gasteiger partial charge in [-0.05, 0) is 6.42 Å². The van der Waals surface area contributed by atoms with Gasteiger partial charge in [-0.2, -0.15) is 0 Å². The Balaban J connectivity index is 2.67. The normalized spacial score (nSPS) is 10.7. The van der Waals surface area contributed by atoms with Gasteiger partial charge in [0.05, 0.1) is 6.61 Å². The first-order valence-corrected chi connectivity index (χ1v) is 8.14. The molecule has 0 aliphatic heterocycles. The van der Waals surface area contributed by atoms with E-state index in [2.05, 4.69) is 6.92 Å². The summed E-state index contributed by atoms with van der Waals surface area (Å²) in [5.41, 5.74) is -1.61. The summed E-state index contributed by atoms with van der Waals surface area (Å²) in [6.07, 6.45) is 4.60. The molecule has 0 fully saturated rings. The Morgan fingerprint density at radius 2 is 1.35 bits per heavy atom. The summed E-state index contributed by atoms with van der Waals surface area (Å²) < 4.78 is 71.4. The minimum atomic E-state index is -2.36. The Labute approximate surface area is 147 Å². The van der Waals surface area contributed by atoms with Crippen LogP contribution in [0.1, 0.15) is 49.4 Å². The van der Waals surface area contributed by atoms with Crippen LogP contribution in [0.2, 0.25) is 0 Å². The van der Waals surface area contributed by atoms with Gasteiger partial charge >= 0.3 is 5.97 Å². The van der Waals surface area contributed by atoms with Gasteiger partial charge in [-0.3, -0.25) is 9.59 Å². The van der Waals surface area contributed by atoms with Crippen LogP contribution in [0.15, 0.2) is 0 Å². The Kier molecular flexibility index (Phi) is 8.47. The standard InChI is InChI=1S/C17H20F5NO3/c1-3-4-5-6-7-8-26-10(24)9-23(2)17(25)11-12(18)14(20)16(22)15(21)13(11)19/h3-9H2,1-2H3. The van der Waals surface area contributed by atoms with E-state index in [0.717, 1.165) is 32.7 Å². The maximum absolute atomic E-state index is 13.6. The van der Waals surface area contributed by atoms with Crippen molar-refractivity contribution in [2.45, 2.75) is 39.0 Å². The lowest BCUT2D eigenvalue weighted by Crippen LogP contribution is -2.34. The van der Waals surface area contributed by atoms with E-state index < -0.39 is 53.1 Å². The molecule has 0 aliphatic rings. The third-order valence-corrected chi connectivity index (χ3v) is 3.65. The van der Waals surface area contributed by atoms with Gasteiger partial charge in [0.2, 0.25) is 5.82 Å². The van der Waals surface area contributed by atoms with Crippen LogP contribution >= 0.6 is 0 Å². The molecule has 146 valence electrons. The first-order chi connectivity index (χ1) is 12.2. The van der Waals surface area contributed by atoms with E-state index in [0.29, 0.717) is 11.3 Å². The summed E-state index contributed by atoms with van der Waals surface area (Å²) in [5.74, 6) is -13.7. The number of nitrogens with zero attached hydrogens (tertiary/aromatic N) is 1. The van der Waals surface area contributed by atoms with Gasteiger partial charge in [-0.25, -0.2) is 22.0 Å². The first kappa shape index (κ1) is 21.9. The number of amides is 1. The Hall–Kier alpha value is -2.19. The molecular formula is C17H20F5NO3. The van der Waals surface area contributed by atoms with Crippen molar-refractivity contribution in [3.05, 3.63) is 34.6 Å². The lowest BCUT2D eigenvalue weighted by atomic mass is 10.1. The van der Waals surface area contributed by atoms with Gasteiger partial charge in [0.15, 0.2) is 23.3 Å². The van der Waals surface area contributed by atoms with E-state index in [1.807, 2.05) is 0 Å². The van der Waals surface area contributed by atoms with Crippen LogP contribution in [0, 0.1) is 29.1 Å². The Morgan fingerprint density at radius 3 is 1.88 bits per heavy atom. The van der Waals surface area contributed by atoms with Crippen molar-refractivity contribution in [2.24, 2.45) is 0 Å². The summed E-state index contributed by atoms with van der Waals surface area (Å²) in [5, 5.41) is 0. The summed E-state index contributed by atoms with van der Waals surface area (Å²) >= 11 is 0. The molecule has 0 radical (unpaired) electrons. The molecule has 1 aromatic carbocycles. The number of halogens is 5. The van der Waals surface area contributed by atoms with E-state index in [1.165, 1.54) is 0 Å². The van der Waals surface area contributed by atoms with Gasteiger partial charge in [0, 0.05) is 7.05 Å². The number of esters is 1. The lowest BCUT2D eigenvalue weighted by molar-refractivity contribution is -0.144. The number of hydrogen-bond acceptors (Lipinski definition) is 3. The number of ether oxygens (including phenoxy) is 1. The van der Waals surface area contributed by atoms with Gasteiger partial charge in [-0.1, -0.05) is 32.6 Å².